The van der Waals surface area contributed by atoms with Gasteiger partial charge in [-0.2, -0.15) is 61.1 Å². The molecule has 0 radical (unpaired) electrons. The second-order valence-corrected chi connectivity index (χ2v) is 35.0. The number of carbonyl (C=O) groups is 6. The van der Waals surface area contributed by atoms with E-state index in [2.05, 4.69) is 35.5 Å². The van der Waals surface area contributed by atoms with Gasteiger partial charge in [0, 0.05) is 54.4 Å². The number of nitrogens with two attached hydrogens (primary N) is 1. The zero-order valence-electron chi connectivity index (χ0n) is 66.4. The van der Waals surface area contributed by atoms with Gasteiger partial charge in [0.25, 0.3) is 26.0 Å². The number of hydrogen-bond acceptors (Lipinski definition) is 21. The number of sulfonamides is 2. The number of likely N-dealkylation sites (tertiary alicyclic amines) is 2. The fourth-order valence-electron chi connectivity index (χ4n) is 14.6. The molecule has 28 nitrogen and oxygen atoms in total. The molecule has 12 rings (SSSR count). The van der Waals surface area contributed by atoms with E-state index in [4.69, 9.17) is 52.4 Å². The smallest absolute Gasteiger partial charge is 0.471 e. The molecule has 2 aromatic carbocycles. The topological polar surface area (TPSA) is 372 Å². The normalized spacial score (nSPS) is 17.5. The highest BCUT2D eigenvalue weighted by atomic mass is 35.5. The maximum atomic E-state index is 13.4. The number of primary sulfonamides is 1. The third kappa shape index (κ3) is 23.8. The van der Waals surface area contributed by atoms with Crippen LogP contribution in [0.25, 0.3) is 11.6 Å². The van der Waals surface area contributed by atoms with Crippen molar-refractivity contribution in [2.45, 2.75) is 169 Å². The minimum Gasteiger partial charge on any atom is -0.478 e. The van der Waals surface area contributed by atoms with E-state index in [1.165, 1.54) is 103 Å². The third-order valence-electron chi connectivity index (χ3n) is 21.6. The molecule has 123 heavy (non-hydrogen) atoms. The molecule has 44 heteroatoms. The molecule has 5 N–H and O–H groups in total. The largest absolute Gasteiger partial charge is 0.478 e. The van der Waals surface area contributed by atoms with Crippen LogP contribution in [0.5, 0.6) is 11.8 Å². The fraction of sp³-hybridized carbons (Fsp3) is 0.443. The monoisotopic (exact) mass is 1820 g/mol. The Bertz CT molecular complexity index is 5420. The molecule has 6 aromatic heterocycles. The molecular formula is C79H83Cl2F12N13O15S2. The van der Waals surface area contributed by atoms with Gasteiger partial charge in [-0.3, -0.25) is 14.4 Å². The number of carboxylic acid groups (broad SMARTS) is 1. The number of aromatic nitrogens is 8. The summed E-state index contributed by atoms with van der Waals surface area (Å²) in [6.07, 6.45) is -12.8. The van der Waals surface area contributed by atoms with Crippen LogP contribution >= 0.6 is 23.2 Å². The molecule has 8 heterocycles. The second kappa shape index (κ2) is 37.4. The second-order valence-electron chi connectivity index (χ2n) is 31.2. The Balaban J connectivity index is 0.000000215. The molecule has 0 spiro atoms. The van der Waals surface area contributed by atoms with Crippen molar-refractivity contribution in [2.24, 2.45) is 27.8 Å². The lowest BCUT2D eigenvalue weighted by Crippen LogP contribution is -2.48. The first-order valence-electron chi connectivity index (χ1n) is 37.9. The summed E-state index contributed by atoms with van der Waals surface area (Å²) in [5, 5.41) is 24.0. The zero-order valence-corrected chi connectivity index (χ0v) is 69.5. The molecule has 4 aliphatic rings. The minimum atomic E-state index is -5.03. The van der Waals surface area contributed by atoms with Gasteiger partial charge in [0.05, 0.1) is 66.6 Å². The lowest BCUT2D eigenvalue weighted by Gasteiger charge is -2.31. The molecule has 3 amide bonds. The molecule has 2 unspecified atom stereocenters. The van der Waals surface area contributed by atoms with Crippen LogP contribution in [0.2, 0.25) is 10.3 Å². The predicted molar refractivity (Wildman–Crippen MR) is 417 cm³/mol. The Morgan fingerprint density at radius 3 is 1.42 bits per heavy atom. The average Bonchev–Trinajstić information content (AvgIpc) is 1.61. The van der Waals surface area contributed by atoms with E-state index in [9.17, 15) is 98.3 Å². The van der Waals surface area contributed by atoms with Crippen LogP contribution in [0.4, 0.5) is 58.5 Å². The van der Waals surface area contributed by atoms with Gasteiger partial charge in [-0.15, -0.1) is 10.2 Å². The molecule has 664 valence electrons. The predicted octanol–water partition coefficient (Wildman–Crippen LogP) is 15.0. The van der Waals surface area contributed by atoms with Gasteiger partial charge in [-0.25, -0.2) is 62.0 Å². The SMILES string of the molecule is COC(=O)c1ccc(C(CC[C@@H]2CN(C(=O)C(F)(F)F)C(C)(C)C2)Cc2cccc(S(N)(=O)=O)n2)cc1.COC(=O)c1ccc(C(CC[C@@H]2CN(C(=O)C(F)(F)F)C(C)(C)C2)Nc2cccc(S(=O)(=O)NC(=O)c3ccc(-n4ccc(OCCC5(C(F)(F)F)CC5)n4)nc3Cl)n2)cc1.O=C(O)c1ccc(-n2ccc(OCCC3(C(F)(F)F)CC3)n2)nc1Cl. The zero-order chi connectivity index (χ0) is 90.4. The van der Waals surface area contributed by atoms with Crippen LogP contribution in [0.1, 0.15) is 175 Å². The Labute approximate surface area is 706 Å². The quantitative estimate of drug-likeness (QED) is 0.0192. The first-order valence-corrected chi connectivity index (χ1v) is 41.6. The van der Waals surface area contributed by atoms with Gasteiger partial charge in [0.1, 0.15) is 16.1 Å². The van der Waals surface area contributed by atoms with Crippen LogP contribution < -0.4 is 24.7 Å². The van der Waals surface area contributed by atoms with Gasteiger partial charge >= 0.3 is 54.4 Å². The molecule has 2 saturated heterocycles. The van der Waals surface area contributed by atoms with Gasteiger partial charge < -0.3 is 39.2 Å². The number of halogens is 14. The molecule has 4 atom stereocenters. The van der Waals surface area contributed by atoms with Gasteiger partial charge in [0.2, 0.25) is 11.8 Å². The van der Waals surface area contributed by atoms with E-state index in [-0.39, 0.29) is 139 Å². The van der Waals surface area contributed by atoms with Crippen molar-refractivity contribution < 1.29 is 122 Å². The lowest BCUT2D eigenvalue weighted by molar-refractivity contribution is -0.190. The number of nitrogens with one attached hydrogen (secondary N) is 2. The number of pyridine rings is 4. The molecule has 4 fully saturated rings. The number of rotatable bonds is 29. The van der Waals surface area contributed by atoms with Crippen molar-refractivity contribution in [3.05, 3.63) is 183 Å². The Hall–Kier alpha value is -10.7. The van der Waals surface area contributed by atoms with E-state index in [0.717, 1.165) is 21.4 Å². The van der Waals surface area contributed by atoms with E-state index < -0.39 is 119 Å². The molecular weight excluding hydrogens is 1730 g/mol. The summed E-state index contributed by atoms with van der Waals surface area (Å²) in [6.45, 7) is 5.97. The van der Waals surface area contributed by atoms with E-state index in [1.807, 2.05) is 4.72 Å². The summed E-state index contributed by atoms with van der Waals surface area (Å²) < 4.78 is 233. The molecule has 2 aliphatic heterocycles. The van der Waals surface area contributed by atoms with E-state index in [0.29, 0.717) is 61.8 Å². The number of esters is 2. The maximum Gasteiger partial charge on any atom is 0.471 e. The van der Waals surface area contributed by atoms with Gasteiger partial charge in [-0.05, 0) is 213 Å². The number of benzene rings is 2. The number of anilines is 1. The fourth-order valence-corrected chi connectivity index (χ4v) is 16.5. The van der Waals surface area contributed by atoms with Crippen molar-refractivity contribution in [2.75, 3.05) is 45.8 Å². The highest BCUT2D eigenvalue weighted by Gasteiger charge is 2.64. The number of methoxy groups -OCH3 is 2. The highest BCUT2D eigenvalue weighted by molar-refractivity contribution is 7.90. The van der Waals surface area contributed by atoms with Gasteiger partial charge in [0.15, 0.2) is 21.7 Å². The Morgan fingerprint density at radius 2 is 1.00 bits per heavy atom. The average molecular weight is 1820 g/mol. The summed E-state index contributed by atoms with van der Waals surface area (Å²) in [4.78, 5) is 90.3. The standard InChI is InChI=1S/C39H40ClF6N7O7S.C25H30F3N3O5S.C15H13ClF3N3O3/c1-36(2)21-23(22-52(36)35(56)38(41,42)43)7-13-27(24-8-10-25(11-9-24)34(55)59-3)47-28-5-4-6-31(48-28)61(57,58)51-33(54)26-12-14-29(49-32(26)40)53-19-15-30(50-53)60-20-18-37(16-17-37)39(44,45)46;1-24(2)14-16(15-31(24)23(33)25(26,27)28)7-8-19(17-9-11-18(12-10-17)22(32)36-3)13-20-5-4-6-21(30-20)37(29,34)35;16-12-9(13(23)24)1-2-10(20-12)22-7-3-11(21-22)25-8-6-14(4-5-14)15(17,18)19/h4-6,8-12,14-15,19,23,27H,7,13,16-18,20-22H2,1-3H3,(H,47,48)(H,51,54);4-6,9-12,16,19H,7-8,13-15H2,1-3H3,(H2,29,34,35);1-3,7H,4-6,8H2,(H,23,24)/t23-,27?;16-,19?;/m00./s1. The highest BCUT2D eigenvalue weighted by Crippen LogP contribution is 2.61. The number of carbonyl (C=O) groups excluding carboxylic acids is 5. The molecule has 2 aliphatic carbocycles. The first-order chi connectivity index (χ1) is 57.3. The number of nitrogens with zero attached hydrogens (tertiary/aromatic N) is 10. The Morgan fingerprint density at radius 1 is 0.561 bits per heavy atom. The van der Waals surface area contributed by atoms with Crippen LogP contribution in [0.15, 0.2) is 144 Å². The molecule has 2 saturated carbocycles. The number of aromatic carboxylic acids is 1. The van der Waals surface area contributed by atoms with Gasteiger partial charge in [-0.1, -0.05) is 59.6 Å². The number of hydrogen-bond donors (Lipinski definition) is 4. The van der Waals surface area contributed by atoms with Crippen LogP contribution in [0.3, 0.4) is 0 Å². The van der Waals surface area contributed by atoms with Crippen molar-refractivity contribution >= 4 is 84.7 Å². The van der Waals surface area contributed by atoms with Crippen LogP contribution in [-0.4, -0.2) is 183 Å². The number of ether oxygens (including phenoxy) is 4. The third-order valence-corrected chi connectivity index (χ3v) is 24.2. The van der Waals surface area contributed by atoms with Crippen molar-refractivity contribution in [3.8, 4) is 23.4 Å². The summed E-state index contributed by atoms with van der Waals surface area (Å²) in [7, 11) is -6.13. The summed E-state index contributed by atoms with van der Waals surface area (Å²) in [5.41, 5.74) is -3.24. The summed E-state index contributed by atoms with van der Waals surface area (Å²) in [5.74, 6) is -7.23. The van der Waals surface area contributed by atoms with Crippen molar-refractivity contribution in [3.63, 3.8) is 0 Å². The summed E-state index contributed by atoms with van der Waals surface area (Å²) in [6, 6.07) is 29.0. The number of alkyl halides is 12. The maximum absolute atomic E-state index is 13.4. The lowest BCUT2D eigenvalue weighted by atomic mass is 9.85. The summed E-state index contributed by atoms with van der Waals surface area (Å²) >= 11 is 12.1. The van der Waals surface area contributed by atoms with Crippen LogP contribution in [-0.2, 0) is 45.5 Å². The molecule has 0 bridgehead atoms. The van der Waals surface area contributed by atoms with E-state index in [1.54, 1.807) is 76.2 Å². The first kappa shape index (κ1) is 94.5. The molecule has 8 aromatic rings. The van der Waals surface area contributed by atoms with Crippen LogP contribution in [0, 0.1) is 22.7 Å². The van der Waals surface area contributed by atoms with Crippen molar-refractivity contribution in [1.82, 2.24) is 54.0 Å². The number of carboxylic acids is 1. The number of amides is 3. The Kier molecular flexibility index (Phi) is 28.7. The van der Waals surface area contributed by atoms with E-state index >= 15 is 0 Å². The van der Waals surface area contributed by atoms with Crippen molar-refractivity contribution in [1.29, 1.82) is 0 Å². The minimum absolute atomic E-state index is 0.00149.